The molecule has 0 spiro atoms. The van der Waals surface area contributed by atoms with E-state index in [4.69, 9.17) is 9.26 Å². The minimum atomic E-state index is -0.261. The van der Waals surface area contributed by atoms with Crippen molar-refractivity contribution in [3.63, 3.8) is 0 Å². The number of ether oxygens (including phenoxy) is 1. The van der Waals surface area contributed by atoms with Gasteiger partial charge in [0.1, 0.15) is 23.1 Å². The lowest BCUT2D eigenvalue weighted by atomic mass is 9.93. The first-order valence-corrected chi connectivity index (χ1v) is 10.9. The summed E-state index contributed by atoms with van der Waals surface area (Å²) < 4.78 is 13.4. The third kappa shape index (κ3) is 4.13. The smallest absolute Gasteiger partial charge is 0.257 e. The molecule has 33 heavy (non-hydrogen) atoms. The molecule has 1 N–H and O–H groups in total. The van der Waals surface area contributed by atoms with Crippen LogP contribution >= 0.6 is 0 Å². The SMILES string of the molecule is Cc1ccc(C(=O)Nc2cc(C(C)(C)C)on2)cc1OC1CN(c2cnn3ccncc23)C1. The number of nitrogens with zero attached hydrogens (tertiary/aromatic N) is 5. The number of carbonyl (C=O) groups excluding carboxylic acids is 1. The Hall–Kier alpha value is -3.88. The number of hydrogen-bond donors (Lipinski definition) is 1. The van der Waals surface area contributed by atoms with Gasteiger partial charge >= 0.3 is 0 Å². The maximum Gasteiger partial charge on any atom is 0.257 e. The molecule has 1 aliphatic rings. The standard InChI is InChI=1S/C24H26N6O3/c1-15-5-6-16(23(31)27-22-10-21(33-28-22)24(2,3)4)9-20(15)32-17-13-29(14-17)18-12-26-30-8-7-25-11-19(18)30/h5-12,17H,13-14H2,1-4H3,(H,27,28,31). The van der Waals surface area contributed by atoms with Gasteiger partial charge in [-0.25, -0.2) is 4.52 Å². The topological polar surface area (TPSA) is 97.8 Å². The number of amides is 1. The van der Waals surface area contributed by atoms with Crippen LogP contribution in [0.25, 0.3) is 5.52 Å². The van der Waals surface area contributed by atoms with Crippen LogP contribution in [0, 0.1) is 6.92 Å². The predicted molar refractivity (Wildman–Crippen MR) is 124 cm³/mol. The Kier molecular flexibility index (Phi) is 5.03. The second kappa shape index (κ2) is 7.91. The van der Waals surface area contributed by atoms with Crippen molar-refractivity contribution in [1.82, 2.24) is 19.8 Å². The van der Waals surface area contributed by atoms with Gasteiger partial charge in [0.15, 0.2) is 5.82 Å². The van der Waals surface area contributed by atoms with E-state index < -0.39 is 0 Å². The Balaban J connectivity index is 1.24. The first-order valence-electron chi connectivity index (χ1n) is 10.9. The van der Waals surface area contributed by atoms with Crippen LogP contribution in [0.15, 0.2) is 53.6 Å². The quantitative estimate of drug-likeness (QED) is 0.497. The van der Waals surface area contributed by atoms with Gasteiger partial charge in [-0.15, -0.1) is 0 Å². The molecule has 1 saturated heterocycles. The van der Waals surface area contributed by atoms with Gasteiger partial charge in [0.25, 0.3) is 5.91 Å². The van der Waals surface area contributed by atoms with E-state index in [0.29, 0.717) is 22.9 Å². The van der Waals surface area contributed by atoms with Crippen molar-refractivity contribution in [3.8, 4) is 5.75 Å². The zero-order valence-corrected chi connectivity index (χ0v) is 19.1. The van der Waals surface area contributed by atoms with E-state index in [-0.39, 0.29) is 17.4 Å². The number of nitrogens with one attached hydrogen (secondary N) is 1. The zero-order chi connectivity index (χ0) is 23.2. The maximum atomic E-state index is 12.8. The van der Waals surface area contributed by atoms with Crippen molar-refractivity contribution in [2.24, 2.45) is 0 Å². The fourth-order valence-electron chi connectivity index (χ4n) is 3.70. The number of rotatable bonds is 5. The summed E-state index contributed by atoms with van der Waals surface area (Å²) in [5.41, 5.74) is 3.29. The lowest BCUT2D eigenvalue weighted by molar-refractivity contribution is 0.102. The van der Waals surface area contributed by atoms with Crippen molar-refractivity contribution in [3.05, 3.63) is 65.9 Å². The van der Waals surface area contributed by atoms with Crippen molar-refractivity contribution < 1.29 is 14.1 Å². The molecular weight excluding hydrogens is 420 g/mol. The number of hydrogen-bond acceptors (Lipinski definition) is 7. The van der Waals surface area contributed by atoms with Gasteiger partial charge in [0.05, 0.1) is 31.2 Å². The predicted octanol–water partition coefficient (Wildman–Crippen LogP) is 3.84. The van der Waals surface area contributed by atoms with Gasteiger partial charge in [-0.2, -0.15) is 5.10 Å². The number of carbonyl (C=O) groups is 1. The normalized spacial score (nSPS) is 14.4. The van der Waals surface area contributed by atoms with Crippen LogP contribution in [0.2, 0.25) is 0 Å². The molecule has 0 saturated carbocycles. The molecule has 0 radical (unpaired) electrons. The number of anilines is 2. The van der Waals surface area contributed by atoms with Gasteiger partial charge in [0, 0.05) is 29.4 Å². The monoisotopic (exact) mass is 446 g/mol. The lowest BCUT2D eigenvalue weighted by Crippen LogP contribution is -2.54. The van der Waals surface area contributed by atoms with Crippen molar-refractivity contribution >= 4 is 22.9 Å². The van der Waals surface area contributed by atoms with Crippen molar-refractivity contribution in [2.75, 3.05) is 23.3 Å². The fraction of sp³-hybridized carbons (Fsp3) is 0.333. The van der Waals surface area contributed by atoms with Gasteiger partial charge in [-0.05, 0) is 24.6 Å². The van der Waals surface area contributed by atoms with Crippen LogP contribution < -0.4 is 15.0 Å². The molecule has 1 aromatic carbocycles. The maximum absolute atomic E-state index is 12.8. The number of fused-ring (bicyclic) bond motifs is 1. The number of aromatic nitrogens is 4. The van der Waals surface area contributed by atoms with Gasteiger partial charge in [-0.3, -0.25) is 9.78 Å². The Morgan fingerprint density at radius 2 is 2.03 bits per heavy atom. The minimum absolute atomic E-state index is 0.0264. The van der Waals surface area contributed by atoms with E-state index in [1.165, 1.54) is 0 Å². The summed E-state index contributed by atoms with van der Waals surface area (Å²) >= 11 is 0. The van der Waals surface area contributed by atoms with Crippen LogP contribution in [-0.4, -0.2) is 44.9 Å². The van der Waals surface area contributed by atoms with Crippen LogP contribution in [0.1, 0.15) is 42.5 Å². The highest BCUT2D eigenvalue weighted by Gasteiger charge is 2.31. The van der Waals surface area contributed by atoms with Gasteiger partial charge in [0.2, 0.25) is 0 Å². The largest absolute Gasteiger partial charge is 0.486 e. The van der Waals surface area contributed by atoms with E-state index in [1.807, 2.05) is 56.9 Å². The second-order valence-corrected chi connectivity index (χ2v) is 9.34. The first-order chi connectivity index (χ1) is 15.8. The Labute approximate surface area is 191 Å². The third-order valence-electron chi connectivity index (χ3n) is 5.73. The van der Waals surface area contributed by atoms with E-state index >= 15 is 0 Å². The van der Waals surface area contributed by atoms with Crippen molar-refractivity contribution in [2.45, 2.75) is 39.2 Å². The molecule has 9 nitrogen and oxygen atoms in total. The molecule has 0 atom stereocenters. The van der Waals surface area contributed by atoms with Crippen molar-refractivity contribution in [1.29, 1.82) is 0 Å². The van der Waals surface area contributed by atoms with Crippen LogP contribution in [0.5, 0.6) is 5.75 Å². The van der Waals surface area contributed by atoms with E-state index in [0.717, 1.165) is 29.9 Å². The van der Waals surface area contributed by atoms with Crippen LogP contribution in [-0.2, 0) is 5.41 Å². The minimum Gasteiger partial charge on any atom is -0.486 e. The summed E-state index contributed by atoms with van der Waals surface area (Å²) in [5, 5.41) is 11.1. The molecule has 3 aromatic heterocycles. The Bertz CT molecular complexity index is 1310. The average molecular weight is 447 g/mol. The van der Waals surface area contributed by atoms with E-state index in [2.05, 4.69) is 25.5 Å². The molecule has 0 unspecified atom stereocenters. The third-order valence-corrected chi connectivity index (χ3v) is 5.73. The Morgan fingerprint density at radius 3 is 2.79 bits per heavy atom. The fourth-order valence-corrected chi connectivity index (χ4v) is 3.70. The van der Waals surface area contributed by atoms with E-state index in [9.17, 15) is 4.79 Å². The molecular formula is C24H26N6O3. The highest BCUT2D eigenvalue weighted by molar-refractivity contribution is 6.04. The molecule has 1 aliphatic heterocycles. The lowest BCUT2D eigenvalue weighted by Gasteiger charge is -2.40. The van der Waals surface area contributed by atoms with Gasteiger partial charge < -0.3 is 19.5 Å². The molecule has 0 aliphatic carbocycles. The number of aryl methyl sites for hydroxylation is 1. The molecule has 9 heteroatoms. The summed E-state index contributed by atoms with van der Waals surface area (Å²) in [6.07, 6.45) is 7.22. The summed E-state index contributed by atoms with van der Waals surface area (Å²) in [7, 11) is 0. The summed E-state index contributed by atoms with van der Waals surface area (Å²) in [6, 6.07) is 7.20. The molecule has 170 valence electrons. The second-order valence-electron chi connectivity index (χ2n) is 9.34. The molecule has 4 heterocycles. The molecule has 5 rings (SSSR count). The molecule has 1 fully saturated rings. The summed E-state index contributed by atoms with van der Waals surface area (Å²) in [4.78, 5) is 19.2. The van der Waals surface area contributed by atoms with Crippen LogP contribution in [0.3, 0.4) is 0 Å². The first kappa shape index (κ1) is 21.0. The summed E-state index contributed by atoms with van der Waals surface area (Å²) in [5.74, 6) is 1.54. The highest BCUT2D eigenvalue weighted by Crippen LogP contribution is 2.29. The van der Waals surface area contributed by atoms with Gasteiger partial charge in [-0.1, -0.05) is 32.0 Å². The summed E-state index contributed by atoms with van der Waals surface area (Å²) in [6.45, 7) is 9.52. The van der Waals surface area contributed by atoms with Crippen LogP contribution in [0.4, 0.5) is 11.5 Å². The highest BCUT2D eigenvalue weighted by atomic mass is 16.5. The number of benzene rings is 1. The molecule has 1 amide bonds. The molecule has 4 aromatic rings. The van der Waals surface area contributed by atoms with E-state index in [1.54, 1.807) is 24.4 Å². The average Bonchev–Trinajstić information content (AvgIpc) is 3.39. The molecule has 0 bridgehead atoms. The zero-order valence-electron chi connectivity index (χ0n) is 19.1. The Morgan fingerprint density at radius 1 is 1.21 bits per heavy atom.